The minimum Gasteiger partial charge on any atom is -0.341 e. The molecule has 0 saturated carbocycles. The van der Waals surface area contributed by atoms with E-state index in [0.717, 1.165) is 28.6 Å². The molecule has 1 fully saturated rings. The molecule has 0 radical (unpaired) electrons. The molecule has 1 unspecified atom stereocenters. The van der Waals surface area contributed by atoms with Crippen LogP contribution in [0.2, 0.25) is 0 Å². The summed E-state index contributed by atoms with van der Waals surface area (Å²) < 4.78 is 65.1. The van der Waals surface area contributed by atoms with Gasteiger partial charge in [0.2, 0.25) is 0 Å². The van der Waals surface area contributed by atoms with Crippen LogP contribution < -0.4 is 5.32 Å². The molecule has 2 aromatic rings. The normalized spacial score (nSPS) is 18.4. The fourth-order valence-corrected chi connectivity index (χ4v) is 4.06. The summed E-state index contributed by atoms with van der Waals surface area (Å²) in [6.45, 7) is -0.721. The number of hydrogen-bond acceptors (Lipinski definition) is 5. The highest BCUT2D eigenvalue weighted by molar-refractivity contribution is 7.89. The van der Waals surface area contributed by atoms with Gasteiger partial charge >= 0.3 is 6.18 Å². The van der Waals surface area contributed by atoms with Gasteiger partial charge in [0.1, 0.15) is 6.04 Å². The maximum Gasteiger partial charge on any atom is 0.416 e. The van der Waals surface area contributed by atoms with Crippen LogP contribution in [0.15, 0.2) is 41.8 Å². The smallest absolute Gasteiger partial charge is 0.341 e. The summed E-state index contributed by atoms with van der Waals surface area (Å²) in [6.07, 6.45) is -1.95. The Morgan fingerprint density at radius 2 is 1.89 bits per heavy atom. The second-order valence-electron chi connectivity index (χ2n) is 6.24. The molecule has 1 aliphatic heterocycles. The van der Waals surface area contributed by atoms with E-state index < -0.39 is 46.0 Å². The van der Waals surface area contributed by atoms with Crippen LogP contribution in [-0.4, -0.2) is 53.1 Å². The number of nitrogens with one attached hydrogen (secondary N) is 1. The highest BCUT2D eigenvalue weighted by atomic mass is 32.2. The zero-order valence-corrected chi connectivity index (χ0v) is 15.3. The zero-order valence-electron chi connectivity index (χ0n) is 14.5. The Balaban J connectivity index is 1.70. The number of aromatic nitrogens is 2. The fraction of sp³-hybridized carbons (Fsp3) is 0.312. The molecule has 0 aliphatic carbocycles. The predicted octanol–water partition coefficient (Wildman–Crippen LogP) is 0.811. The van der Waals surface area contributed by atoms with Crippen molar-refractivity contribution in [2.45, 2.75) is 17.2 Å². The lowest BCUT2D eigenvalue weighted by atomic mass is 10.1. The third-order valence-corrected chi connectivity index (χ3v) is 5.87. The van der Waals surface area contributed by atoms with Crippen molar-refractivity contribution in [3.05, 3.63) is 47.9 Å². The van der Waals surface area contributed by atoms with E-state index in [1.807, 2.05) is 0 Å². The molecule has 28 heavy (non-hydrogen) atoms. The minimum atomic E-state index is -4.53. The van der Waals surface area contributed by atoms with Gasteiger partial charge in [0.15, 0.2) is 10.8 Å². The minimum absolute atomic E-state index is 0.0770. The first-order valence-electron chi connectivity index (χ1n) is 7.97. The van der Waals surface area contributed by atoms with Crippen LogP contribution in [0.5, 0.6) is 0 Å². The number of halogens is 3. The van der Waals surface area contributed by atoms with E-state index in [4.69, 9.17) is 0 Å². The summed E-state index contributed by atoms with van der Waals surface area (Å²) in [6, 6.07) is 2.38. The van der Waals surface area contributed by atoms with E-state index >= 15 is 0 Å². The highest BCUT2D eigenvalue weighted by Crippen LogP contribution is 2.29. The van der Waals surface area contributed by atoms with Crippen molar-refractivity contribution in [1.29, 1.82) is 0 Å². The Labute approximate surface area is 158 Å². The van der Waals surface area contributed by atoms with E-state index in [9.17, 15) is 31.2 Å². The fourth-order valence-electron chi connectivity index (χ4n) is 2.67. The number of rotatable bonds is 4. The van der Waals surface area contributed by atoms with Crippen LogP contribution in [0.4, 0.5) is 13.2 Å². The number of amides is 1. The number of carbonyl (C=O) groups is 2. The zero-order chi connectivity index (χ0) is 20.7. The summed E-state index contributed by atoms with van der Waals surface area (Å²) in [5.41, 5.74) is -0.986. The van der Waals surface area contributed by atoms with Crippen LogP contribution in [0, 0.1) is 0 Å². The first kappa shape index (κ1) is 20.0. The molecule has 3 rings (SSSR count). The lowest BCUT2D eigenvalue weighted by Crippen LogP contribution is -2.41. The monoisotopic (exact) mass is 416 g/mol. The predicted molar refractivity (Wildman–Crippen MR) is 89.7 cm³/mol. The maximum absolute atomic E-state index is 12.6. The number of Topliss-reactive ketones (excluding diaryl/α,β-unsaturated/α-hetero) is 1. The van der Waals surface area contributed by atoms with Crippen LogP contribution in [0.25, 0.3) is 0 Å². The largest absolute Gasteiger partial charge is 0.416 e. The third-order valence-electron chi connectivity index (χ3n) is 4.17. The van der Waals surface area contributed by atoms with Crippen LogP contribution in [0.1, 0.15) is 15.9 Å². The van der Waals surface area contributed by atoms with Crippen molar-refractivity contribution in [3.63, 3.8) is 0 Å². The van der Waals surface area contributed by atoms with Crippen molar-refractivity contribution in [1.82, 2.24) is 19.2 Å². The molecule has 1 N–H and O–H groups in total. The molecule has 0 spiro atoms. The van der Waals surface area contributed by atoms with E-state index in [-0.39, 0.29) is 17.1 Å². The van der Waals surface area contributed by atoms with Crippen molar-refractivity contribution in [2.24, 2.45) is 7.05 Å². The Morgan fingerprint density at radius 3 is 2.43 bits per heavy atom. The van der Waals surface area contributed by atoms with Crippen molar-refractivity contribution >= 4 is 21.7 Å². The van der Waals surface area contributed by atoms with Crippen molar-refractivity contribution in [2.75, 3.05) is 13.1 Å². The summed E-state index contributed by atoms with van der Waals surface area (Å²) in [7, 11) is -2.41. The molecule has 1 aliphatic rings. The number of aryl methyl sites for hydroxylation is 1. The van der Waals surface area contributed by atoms with Gasteiger partial charge in [-0.25, -0.2) is 13.4 Å². The van der Waals surface area contributed by atoms with Crippen LogP contribution in [-0.2, 0) is 28.0 Å². The standard InChI is InChI=1S/C16H15F3N4O4S/c1-22-8-14(20-9-22)28(26,27)23-6-12(13(24)7-23)21-15(25)10-2-4-11(5-3-10)16(17,18)19/h2-5,8-9,12H,6-7H2,1H3,(H,21,25). The molecule has 1 atom stereocenters. The Morgan fingerprint density at radius 1 is 1.25 bits per heavy atom. The molecule has 1 aromatic heterocycles. The Hall–Kier alpha value is -2.73. The third kappa shape index (κ3) is 3.92. The molecular weight excluding hydrogens is 401 g/mol. The number of nitrogens with zero attached hydrogens (tertiary/aromatic N) is 3. The molecule has 150 valence electrons. The first-order chi connectivity index (χ1) is 13.0. The lowest BCUT2D eigenvalue weighted by molar-refractivity contribution is -0.137. The number of hydrogen-bond donors (Lipinski definition) is 1. The van der Waals surface area contributed by atoms with Gasteiger partial charge in [0, 0.05) is 25.4 Å². The van der Waals surface area contributed by atoms with Gasteiger partial charge in [-0.1, -0.05) is 0 Å². The SMILES string of the molecule is Cn1cnc(S(=O)(=O)N2CC(=O)C(NC(=O)c3ccc(C(F)(F)F)cc3)C2)c1. The molecule has 2 heterocycles. The van der Waals surface area contributed by atoms with Crippen molar-refractivity contribution < 1.29 is 31.2 Å². The van der Waals surface area contributed by atoms with Gasteiger partial charge in [0.05, 0.1) is 18.4 Å². The lowest BCUT2D eigenvalue weighted by Gasteiger charge is -2.15. The van der Waals surface area contributed by atoms with Gasteiger partial charge in [-0.05, 0) is 24.3 Å². The first-order valence-corrected chi connectivity index (χ1v) is 9.41. The molecule has 12 heteroatoms. The van der Waals surface area contributed by atoms with E-state index in [1.165, 1.54) is 17.1 Å². The van der Waals surface area contributed by atoms with Gasteiger partial charge in [-0.15, -0.1) is 0 Å². The van der Waals surface area contributed by atoms with E-state index in [1.54, 1.807) is 7.05 Å². The second kappa shape index (κ2) is 7.02. The number of ketones is 1. The van der Waals surface area contributed by atoms with Gasteiger partial charge < -0.3 is 9.88 Å². The Bertz CT molecular complexity index is 1020. The quantitative estimate of drug-likeness (QED) is 0.795. The Kier molecular flexibility index (Phi) is 5.02. The van der Waals surface area contributed by atoms with Gasteiger partial charge in [-0.3, -0.25) is 9.59 Å². The molecule has 1 aromatic carbocycles. The topological polar surface area (TPSA) is 101 Å². The number of carbonyl (C=O) groups excluding carboxylic acids is 2. The van der Waals surface area contributed by atoms with Crippen LogP contribution in [0.3, 0.4) is 0 Å². The van der Waals surface area contributed by atoms with Crippen molar-refractivity contribution in [3.8, 4) is 0 Å². The number of benzene rings is 1. The molecule has 1 saturated heterocycles. The van der Waals surface area contributed by atoms with Crippen LogP contribution >= 0.6 is 0 Å². The summed E-state index contributed by atoms with van der Waals surface area (Å²) in [5.74, 6) is -1.30. The molecule has 8 nitrogen and oxygen atoms in total. The number of imidazole rings is 1. The number of alkyl halides is 3. The van der Waals surface area contributed by atoms with E-state index in [0.29, 0.717) is 0 Å². The summed E-state index contributed by atoms with van der Waals surface area (Å²) in [5, 5.41) is 2.14. The molecule has 1 amide bonds. The average Bonchev–Trinajstić information content (AvgIpc) is 3.21. The average molecular weight is 416 g/mol. The van der Waals surface area contributed by atoms with E-state index in [2.05, 4.69) is 10.3 Å². The second-order valence-corrected chi connectivity index (χ2v) is 8.13. The molecular formula is C16H15F3N4O4S. The summed E-state index contributed by atoms with van der Waals surface area (Å²) in [4.78, 5) is 28.1. The summed E-state index contributed by atoms with van der Waals surface area (Å²) >= 11 is 0. The number of sulfonamides is 1. The van der Waals surface area contributed by atoms with Gasteiger partial charge in [0.25, 0.3) is 15.9 Å². The molecule has 0 bridgehead atoms. The highest BCUT2D eigenvalue weighted by Gasteiger charge is 2.40. The maximum atomic E-state index is 12.6. The van der Waals surface area contributed by atoms with Gasteiger partial charge in [-0.2, -0.15) is 17.5 Å².